The van der Waals surface area contributed by atoms with E-state index in [1.807, 2.05) is 36.4 Å². The van der Waals surface area contributed by atoms with Crippen molar-refractivity contribution >= 4 is 22.9 Å². The number of hydrogen-bond donors (Lipinski definition) is 1. The smallest absolute Gasteiger partial charge is 0.228 e. The van der Waals surface area contributed by atoms with Gasteiger partial charge in [0.05, 0.1) is 18.4 Å². The minimum Gasteiger partial charge on any atom is -0.493 e. The zero-order valence-corrected chi connectivity index (χ0v) is 23.4. The molecule has 0 spiro atoms. The maximum absolute atomic E-state index is 12.7. The maximum atomic E-state index is 12.7. The SMILES string of the molecule is CCCCCCCCCCCCCCOc1ccccc1CC(=O)Nc1ccc(C[n+]2ccsc2)cc1. The molecular weight excluding hydrogens is 476 g/mol. The minimum absolute atomic E-state index is 0.0265. The number of amides is 1. The third-order valence-corrected chi connectivity index (χ3v) is 7.38. The molecule has 3 aromatic rings. The number of unbranched alkanes of at least 4 members (excludes halogenated alkanes) is 11. The number of anilines is 1. The van der Waals surface area contributed by atoms with Gasteiger partial charge in [-0.3, -0.25) is 4.79 Å². The number of para-hydroxylation sites is 1. The quantitative estimate of drug-likeness (QED) is 0.127. The molecule has 0 fully saturated rings. The van der Waals surface area contributed by atoms with Crippen LogP contribution in [0.2, 0.25) is 0 Å². The molecule has 0 aliphatic heterocycles. The normalized spacial score (nSPS) is 10.9. The van der Waals surface area contributed by atoms with Crippen LogP contribution < -0.4 is 14.6 Å². The number of benzene rings is 2. The summed E-state index contributed by atoms with van der Waals surface area (Å²) in [7, 11) is 0. The van der Waals surface area contributed by atoms with Crippen molar-refractivity contribution in [3.63, 3.8) is 0 Å². The first-order valence-corrected chi connectivity index (χ1v) is 15.2. The number of nitrogens with one attached hydrogen (secondary N) is 1. The summed E-state index contributed by atoms with van der Waals surface area (Å²) < 4.78 is 8.21. The molecule has 3 rings (SSSR count). The molecule has 0 saturated heterocycles. The molecule has 0 aliphatic rings. The Kier molecular flexibility index (Phi) is 13.9. The predicted molar refractivity (Wildman–Crippen MR) is 155 cm³/mol. The van der Waals surface area contributed by atoms with Crippen LogP contribution in [0.4, 0.5) is 5.69 Å². The van der Waals surface area contributed by atoms with Crippen molar-refractivity contribution in [2.24, 2.45) is 0 Å². The Balaban J connectivity index is 1.29. The lowest BCUT2D eigenvalue weighted by Crippen LogP contribution is -2.30. The summed E-state index contributed by atoms with van der Waals surface area (Å²) >= 11 is 1.68. The second-order valence-corrected chi connectivity index (χ2v) is 10.7. The molecule has 1 aromatic heterocycles. The molecule has 5 heteroatoms. The van der Waals surface area contributed by atoms with Crippen molar-refractivity contribution in [3.05, 3.63) is 76.7 Å². The van der Waals surface area contributed by atoms with Crippen molar-refractivity contribution in [1.29, 1.82) is 0 Å². The summed E-state index contributed by atoms with van der Waals surface area (Å²) in [6.45, 7) is 3.82. The van der Waals surface area contributed by atoms with Crippen LogP contribution in [0.3, 0.4) is 0 Å². The highest BCUT2D eigenvalue weighted by Gasteiger charge is 2.10. The lowest BCUT2D eigenvalue weighted by molar-refractivity contribution is -0.683. The second-order valence-electron chi connectivity index (χ2n) is 9.97. The van der Waals surface area contributed by atoms with Gasteiger partial charge in [-0.05, 0) is 24.6 Å². The number of carbonyl (C=O) groups is 1. The van der Waals surface area contributed by atoms with E-state index in [0.717, 1.165) is 30.0 Å². The topological polar surface area (TPSA) is 42.2 Å². The molecule has 0 radical (unpaired) electrons. The Labute approximate surface area is 228 Å². The van der Waals surface area contributed by atoms with Gasteiger partial charge in [-0.2, -0.15) is 4.57 Å². The lowest BCUT2D eigenvalue weighted by Gasteiger charge is -2.12. The Morgan fingerprint density at radius 2 is 1.49 bits per heavy atom. The number of aromatic nitrogens is 1. The first-order chi connectivity index (χ1) is 18.2. The number of carbonyl (C=O) groups excluding carboxylic acids is 1. The molecule has 0 unspecified atom stereocenters. The average Bonchev–Trinajstić information content (AvgIpc) is 3.42. The first kappa shape index (κ1) is 28.9. The highest BCUT2D eigenvalue weighted by molar-refractivity contribution is 7.07. The number of thiazole rings is 1. The number of ether oxygens (including phenoxy) is 1. The highest BCUT2D eigenvalue weighted by atomic mass is 32.1. The molecule has 1 amide bonds. The monoisotopic (exact) mass is 521 g/mol. The zero-order chi connectivity index (χ0) is 26.0. The summed E-state index contributed by atoms with van der Waals surface area (Å²) in [5.74, 6) is 0.797. The van der Waals surface area contributed by atoms with Crippen LogP contribution in [0.15, 0.2) is 65.6 Å². The van der Waals surface area contributed by atoms with Crippen molar-refractivity contribution in [2.75, 3.05) is 11.9 Å². The molecular formula is C32H45N2O2S+. The van der Waals surface area contributed by atoms with Crippen LogP contribution in [0, 0.1) is 0 Å². The molecule has 1 heterocycles. The molecule has 0 atom stereocenters. The minimum atomic E-state index is -0.0265. The van der Waals surface area contributed by atoms with E-state index < -0.39 is 0 Å². The molecule has 200 valence electrons. The van der Waals surface area contributed by atoms with E-state index in [4.69, 9.17) is 4.74 Å². The summed E-state index contributed by atoms with van der Waals surface area (Å²) in [6.07, 6.45) is 18.4. The highest BCUT2D eigenvalue weighted by Crippen LogP contribution is 2.20. The fourth-order valence-corrected chi connectivity index (χ4v) is 5.15. The van der Waals surface area contributed by atoms with Gasteiger partial charge < -0.3 is 10.1 Å². The van der Waals surface area contributed by atoms with E-state index in [1.165, 1.54) is 76.2 Å². The van der Waals surface area contributed by atoms with Crippen molar-refractivity contribution < 1.29 is 14.1 Å². The van der Waals surface area contributed by atoms with Gasteiger partial charge in [0.2, 0.25) is 11.4 Å². The summed E-state index contributed by atoms with van der Waals surface area (Å²) in [5, 5.41) is 5.09. The third-order valence-electron chi connectivity index (χ3n) is 6.71. The number of rotatable bonds is 19. The summed E-state index contributed by atoms with van der Waals surface area (Å²) in [6, 6.07) is 16.0. The van der Waals surface area contributed by atoms with Crippen LogP contribution in [-0.4, -0.2) is 12.5 Å². The van der Waals surface area contributed by atoms with Crippen LogP contribution in [-0.2, 0) is 17.8 Å². The number of hydrogen-bond acceptors (Lipinski definition) is 3. The van der Waals surface area contributed by atoms with Gasteiger partial charge in [-0.15, -0.1) is 0 Å². The van der Waals surface area contributed by atoms with Gasteiger partial charge in [0.15, 0.2) is 12.7 Å². The Morgan fingerprint density at radius 1 is 0.838 bits per heavy atom. The van der Waals surface area contributed by atoms with Gasteiger partial charge in [0, 0.05) is 16.8 Å². The molecule has 2 aromatic carbocycles. The van der Waals surface area contributed by atoms with Crippen LogP contribution in [0.25, 0.3) is 0 Å². The summed E-state index contributed by atoms with van der Waals surface area (Å²) in [5.41, 5.74) is 5.05. The van der Waals surface area contributed by atoms with Crippen LogP contribution >= 0.6 is 11.3 Å². The van der Waals surface area contributed by atoms with Gasteiger partial charge in [0.25, 0.3) is 0 Å². The fourth-order valence-electron chi connectivity index (χ4n) is 4.55. The Hall–Kier alpha value is -2.66. The molecule has 0 bridgehead atoms. The van der Waals surface area contributed by atoms with Crippen molar-refractivity contribution in [1.82, 2.24) is 0 Å². The summed E-state index contributed by atoms with van der Waals surface area (Å²) in [4.78, 5) is 12.7. The molecule has 0 aliphatic carbocycles. The lowest BCUT2D eigenvalue weighted by atomic mass is 10.1. The van der Waals surface area contributed by atoms with E-state index in [0.29, 0.717) is 13.0 Å². The van der Waals surface area contributed by atoms with E-state index in [1.54, 1.807) is 11.3 Å². The van der Waals surface area contributed by atoms with Crippen LogP contribution in [0.5, 0.6) is 5.75 Å². The van der Waals surface area contributed by atoms with Gasteiger partial charge in [-0.1, -0.05) is 119 Å². The predicted octanol–water partition coefficient (Wildman–Crippen LogP) is 8.35. The van der Waals surface area contributed by atoms with Crippen molar-refractivity contribution in [3.8, 4) is 5.75 Å². The third kappa shape index (κ3) is 12.0. The van der Waals surface area contributed by atoms with Gasteiger partial charge in [0.1, 0.15) is 5.75 Å². The fraction of sp³-hybridized carbons (Fsp3) is 0.500. The number of nitrogens with zero attached hydrogens (tertiary/aromatic N) is 1. The first-order valence-electron chi connectivity index (χ1n) is 14.3. The van der Waals surface area contributed by atoms with E-state index >= 15 is 0 Å². The standard InChI is InChI=1S/C32H44N2O2S/c1-2-3-4-5-6-7-8-9-10-11-12-15-23-36-31-17-14-13-16-29(31)25-32(35)33-30-20-18-28(19-21-30)26-34-22-24-37-27-34/h13-14,16-22,24,27H,2-12,15,23,25-26H2,1H3/p+1. The average molecular weight is 522 g/mol. The molecule has 1 N–H and O–H groups in total. The molecule has 37 heavy (non-hydrogen) atoms. The van der Waals surface area contributed by atoms with Gasteiger partial charge in [-0.25, -0.2) is 0 Å². The Bertz CT molecular complexity index is 1000. The molecule has 0 saturated carbocycles. The Morgan fingerprint density at radius 3 is 2.14 bits per heavy atom. The maximum Gasteiger partial charge on any atom is 0.228 e. The van der Waals surface area contributed by atoms with Gasteiger partial charge >= 0.3 is 0 Å². The van der Waals surface area contributed by atoms with E-state index in [2.05, 4.69) is 46.0 Å². The largest absolute Gasteiger partial charge is 0.493 e. The second kappa shape index (κ2) is 17.7. The molecule has 4 nitrogen and oxygen atoms in total. The van der Waals surface area contributed by atoms with Crippen LogP contribution in [0.1, 0.15) is 95.1 Å². The zero-order valence-electron chi connectivity index (χ0n) is 22.6. The van der Waals surface area contributed by atoms with Crippen molar-refractivity contribution in [2.45, 2.75) is 96.9 Å². The van der Waals surface area contributed by atoms with E-state index in [-0.39, 0.29) is 5.91 Å². The van der Waals surface area contributed by atoms with E-state index in [9.17, 15) is 4.79 Å².